The summed E-state index contributed by atoms with van der Waals surface area (Å²) in [6.07, 6.45) is -0.797. The Morgan fingerprint density at radius 2 is 2.03 bits per heavy atom. The molecule has 0 saturated heterocycles. The van der Waals surface area contributed by atoms with Gasteiger partial charge in [-0.1, -0.05) is 32.0 Å². The number of anilines is 1. The lowest BCUT2D eigenvalue weighted by atomic mass is 9.93. The van der Waals surface area contributed by atoms with E-state index >= 15 is 0 Å². The Bertz CT molecular complexity index is 1280. The largest absolute Gasteiger partial charge is 0.454 e. The van der Waals surface area contributed by atoms with Crippen LogP contribution in [0.3, 0.4) is 0 Å². The predicted molar refractivity (Wildman–Crippen MR) is 134 cm³/mol. The average molecular weight is 542 g/mol. The van der Waals surface area contributed by atoms with Crippen molar-refractivity contribution in [2.75, 3.05) is 17.9 Å². The molecule has 0 aliphatic carbocycles. The molecule has 37 heavy (non-hydrogen) atoms. The van der Waals surface area contributed by atoms with E-state index in [0.29, 0.717) is 25.3 Å². The third-order valence-electron chi connectivity index (χ3n) is 5.64. The maximum atomic E-state index is 13.0. The molecule has 0 radical (unpaired) electrons. The van der Waals surface area contributed by atoms with Crippen molar-refractivity contribution in [3.63, 3.8) is 0 Å². The molecule has 0 spiro atoms. The minimum Gasteiger partial charge on any atom is -0.454 e. The van der Waals surface area contributed by atoms with Crippen LogP contribution in [0, 0.1) is 0 Å². The van der Waals surface area contributed by atoms with Crippen molar-refractivity contribution in [1.82, 2.24) is 10.1 Å². The van der Waals surface area contributed by atoms with E-state index in [-0.39, 0.29) is 22.2 Å². The second-order valence-electron chi connectivity index (χ2n) is 9.64. The Labute approximate surface area is 214 Å². The first-order valence-corrected chi connectivity index (χ1v) is 12.9. The molecule has 13 heteroatoms. The van der Waals surface area contributed by atoms with Crippen LogP contribution in [-0.4, -0.2) is 56.6 Å². The first-order valence-electron chi connectivity index (χ1n) is 11.4. The summed E-state index contributed by atoms with van der Waals surface area (Å²) in [7, 11) is -3.89. The standard InChI is InChI=1S/C24H30F3N5O4S/c1-16(8-10-29-22(28-5)35-15-24(25,26)27)32-11-9-17-6-7-19(12-18(17)14-32)37(33,34)31-21-13-20(36-30-21)23(2,3)4/h6-8,10,12-13,16H,5,9,11,14-15H2,1-4H3,(H,30,31)/b10-8+,29-22?/t16-/m1/s1. The first-order chi connectivity index (χ1) is 17.2. The number of fused-ring (bicyclic) bond motifs is 1. The fourth-order valence-corrected chi connectivity index (χ4v) is 4.60. The minimum absolute atomic E-state index is 0.102. The number of halogens is 3. The summed E-state index contributed by atoms with van der Waals surface area (Å²) in [6.45, 7) is 10.5. The van der Waals surface area contributed by atoms with Crippen molar-refractivity contribution in [3.8, 4) is 0 Å². The van der Waals surface area contributed by atoms with Gasteiger partial charge in [-0.2, -0.15) is 13.2 Å². The Morgan fingerprint density at radius 1 is 1.30 bits per heavy atom. The van der Waals surface area contributed by atoms with Crippen LogP contribution in [0.4, 0.5) is 19.0 Å². The lowest BCUT2D eigenvalue weighted by molar-refractivity contribution is -0.156. The smallest absolute Gasteiger partial charge is 0.422 e. The topological polar surface area (TPSA) is 109 Å². The number of aliphatic imine (C=N–C) groups is 2. The highest BCUT2D eigenvalue weighted by atomic mass is 32.2. The highest BCUT2D eigenvalue weighted by Crippen LogP contribution is 2.27. The van der Waals surface area contributed by atoms with Gasteiger partial charge in [0.1, 0.15) is 5.76 Å². The number of ether oxygens (including phenoxy) is 1. The highest BCUT2D eigenvalue weighted by molar-refractivity contribution is 7.92. The Balaban J connectivity index is 1.68. The first kappa shape index (κ1) is 28.4. The number of hydrogen-bond donors (Lipinski definition) is 1. The van der Waals surface area contributed by atoms with Crippen molar-refractivity contribution in [2.45, 2.75) is 63.2 Å². The summed E-state index contributed by atoms with van der Waals surface area (Å²) >= 11 is 0. The molecule has 1 atom stereocenters. The summed E-state index contributed by atoms with van der Waals surface area (Å²) in [4.78, 5) is 9.32. The van der Waals surface area contributed by atoms with Gasteiger partial charge in [0.25, 0.3) is 10.0 Å². The Morgan fingerprint density at radius 3 is 2.65 bits per heavy atom. The summed E-state index contributed by atoms with van der Waals surface area (Å²) < 4.78 is 75.1. The zero-order valence-electron chi connectivity index (χ0n) is 21.0. The van der Waals surface area contributed by atoms with E-state index in [1.165, 1.54) is 6.20 Å². The minimum atomic E-state index is -4.50. The normalized spacial score (nSPS) is 16.5. The van der Waals surface area contributed by atoms with Gasteiger partial charge < -0.3 is 9.26 Å². The number of amidine groups is 1. The van der Waals surface area contributed by atoms with Crippen LogP contribution in [-0.2, 0) is 33.1 Å². The van der Waals surface area contributed by atoms with Gasteiger partial charge in [-0.05, 0) is 49.4 Å². The molecule has 1 aromatic carbocycles. The van der Waals surface area contributed by atoms with Crippen molar-refractivity contribution in [3.05, 3.63) is 53.4 Å². The SMILES string of the molecule is C=NC(=N/C=C/[C@@H](C)N1CCc2ccc(S(=O)(=O)Nc3cc(C(C)(C)C)on3)cc2C1)OCC(F)(F)F. The lowest BCUT2D eigenvalue weighted by Gasteiger charge is -2.32. The van der Waals surface area contributed by atoms with Gasteiger partial charge in [0, 0.05) is 36.8 Å². The third-order valence-corrected chi connectivity index (χ3v) is 7.00. The molecule has 0 saturated carbocycles. The van der Waals surface area contributed by atoms with E-state index in [4.69, 9.17) is 4.52 Å². The predicted octanol–water partition coefficient (Wildman–Crippen LogP) is 4.67. The van der Waals surface area contributed by atoms with E-state index in [2.05, 4.69) is 36.2 Å². The summed E-state index contributed by atoms with van der Waals surface area (Å²) in [5.41, 5.74) is 1.58. The van der Waals surface area contributed by atoms with Gasteiger partial charge in [-0.25, -0.2) is 18.4 Å². The molecule has 2 aromatic rings. The van der Waals surface area contributed by atoms with Crippen molar-refractivity contribution >= 4 is 28.6 Å². The average Bonchev–Trinajstić information content (AvgIpc) is 3.28. The van der Waals surface area contributed by atoms with Gasteiger partial charge in [-0.15, -0.1) is 0 Å². The van der Waals surface area contributed by atoms with E-state index < -0.39 is 28.8 Å². The molecule has 202 valence electrons. The number of alkyl halides is 3. The molecule has 1 aliphatic heterocycles. The molecular weight excluding hydrogens is 511 g/mol. The highest BCUT2D eigenvalue weighted by Gasteiger charge is 2.29. The van der Waals surface area contributed by atoms with Crippen molar-refractivity contribution in [2.24, 2.45) is 9.98 Å². The Kier molecular flexibility index (Phi) is 8.48. The van der Waals surface area contributed by atoms with Crippen molar-refractivity contribution < 1.29 is 30.8 Å². The number of rotatable bonds is 7. The zero-order valence-corrected chi connectivity index (χ0v) is 21.9. The van der Waals surface area contributed by atoms with Gasteiger partial charge in [0.05, 0.1) is 4.90 Å². The number of nitrogens with one attached hydrogen (secondary N) is 1. The summed E-state index contributed by atoms with van der Waals surface area (Å²) in [6, 6.07) is 5.94. The van der Waals surface area contributed by atoms with E-state index in [1.807, 2.05) is 27.7 Å². The van der Waals surface area contributed by atoms with Crippen LogP contribution in [0.25, 0.3) is 0 Å². The number of aromatic nitrogens is 1. The number of benzene rings is 1. The number of hydrogen-bond acceptors (Lipinski definition) is 7. The van der Waals surface area contributed by atoms with Crippen LogP contribution in [0.15, 0.2) is 55.9 Å². The summed E-state index contributed by atoms with van der Waals surface area (Å²) in [5, 5.41) is 3.82. The summed E-state index contributed by atoms with van der Waals surface area (Å²) in [5.74, 6) is 0.664. The fourth-order valence-electron chi connectivity index (χ4n) is 3.57. The second kappa shape index (κ2) is 11.1. The number of nitrogens with zero attached hydrogens (tertiary/aromatic N) is 4. The molecule has 2 heterocycles. The second-order valence-corrected chi connectivity index (χ2v) is 11.3. The quantitative estimate of drug-likeness (QED) is 0.403. The fraction of sp³-hybridized carbons (Fsp3) is 0.458. The van der Waals surface area contributed by atoms with Crippen LogP contribution >= 0.6 is 0 Å². The van der Waals surface area contributed by atoms with E-state index in [1.54, 1.807) is 30.3 Å². The van der Waals surface area contributed by atoms with Gasteiger partial charge in [0.15, 0.2) is 12.4 Å². The molecule has 0 amide bonds. The Hall–Kier alpha value is -3.19. The molecule has 9 nitrogen and oxygen atoms in total. The third kappa shape index (κ3) is 7.89. The van der Waals surface area contributed by atoms with E-state index in [9.17, 15) is 21.6 Å². The van der Waals surface area contributed by atoms with Crippen LogP contribution < -0.4 is 4.72 Å². The molecule has 3 rings (SSSR count). The van der Waals surface area contributed by atoms with Crippen LogP contribution in [0.2, 0.25) is 0 Å². The molecule has 0 bridgehead atoms. The van der Waals surface area contributed by atoms with Gasteiger partial charge in [0.2, 0.25) is 0 Å². The number of sulfonamides is 1. The maximum Gasteiger partial charge on any atom is 0.422 e. The molecule has 1 N–H and O–H groups in total. The zero-order chi connectivity index (χ0) is 27.4. The lowest BCUT2D eigenvalue weighted by Crippen LogP contribution is -2.36. The van der Waals surface area contributed by atoms with Crippen LogP contribution in [0.5, 0.6) is 0 Å². The molecule has 0 unspecified atom stereocenters. The van der Waals surface area contributed by atoms with Crippen molar-refractivity contribution in [1.29, 1.82) is 0 Å². The monoisotopic (exact) mass is 541 g/mol. The van der Waals surface area contributed by atoms with Gasteiger partial charge >= 0.3 is 12.2 Å². The maximum absolute atomic E-state index is 13.0. The molecule has 1 aliphatic rings. The molecule has 1 aromatic heterocycles. The molecule has 0 fully saturated rings. The van der Waals surface area contributed by atoms with E-state index in [0.717, 1.165) is 11.1 Å². The van der Waals surface area contributed by atoms with Gasteiger partial charge in [-0.3, -0.25) is 9.62 Å². The van der Waals surface area contributed by atoms with Crippen LogP contribution in [0.1, 0.15) is 44.6 Å². The molecular formula is C24H30F3N5O4S.